The minimum Gasteiger partial charge on any atom is -0.456 e. The highest BCUT2D eigenvalue weighted by Gasteiger charge is 2.12. The van der Waals surface area contributed by atoms with Crippen molar-refractivity contribution in [2.45, 2.75) is 13.3 Å². The lowest BCUT2D eigenvalue weighted by atomic mass is 10.1. The van der Waals surface area contributed by atoms with Gasteiger partial charge in [-0.25, -0.2) is 0 Å². The Labute approximate surface area is 150 Å². The lowest BCUT2D eigenvalue weighted by Crippen LogP contribution is -2.31. The van der Waals surface area contributed by atoms with Gasteiger partial charge in [0.1, 0.15) is 6.54 Å². The molecule has 0 aliphatic heterocycles. The zero-order chi connectivity index (χ0) is 18.2. The summed E-state index contributed by atoms with van der Waals surface area (Å²) in [4.78, 5) is 35.5. The van der Waals surface area contributed by atoms with E-state index in [0.717, 1.165) is 12.0 Å². The average Bonchev–Trinajstić information content (AvgIpc) is 2.64. The number of ketones is 1. The van der Waals surface area contributed by atoms with Crippen LogP contribution in [-0.4, -0.2) is 30.8 Å². The molecule has 2 aromatic carbocycles. The maximum Gasteiger partial charge on any atom is 0.325 e. The molecular formula is C19H18ClNO4. The van der Waals surface area contributed by atoms with Gasteiger partial charge in [0.25, 0.3) is 5.91 Å². The molecule has 1 N–H and O–H groups in total. The van der Waals surface area contributed by atoms with Gasteiger partial charge in [0.15, 0.2) is 12.4 Å². The van der Waals surface area contributed by atoms with E-state index >= 15 is 0 Å². The van der Waals surface area contributed by atoms with E-state index in [4.69, 9.17) is 16.3 Å². The third-order valence-electron chi connectivity index (χ3n) is 3.55. The number of hydrogen-bond acceptors (Lipinski definition) is 4. The highest BCUT2D eigenvalue weighted by Crippen LogP contribution is 2.09. The molecule has 0 radical (unpaired) electrons. The Hall–Kier alpha value is -2.66. The fourth-order valence-corrected chi connectivity index (χ4v) is 2.19. The summed E-state index contributed by atoms with van der Waals surface area (Å²) < 4.78 is 4.90. The van der Waals surface area contributed by atoms with Crippen LogP contribution in [0.3, 0.4) is 0 Å². The summed E-state index contributed by atoms with van der Waals surface area (Å²) in [6.07, 6.45) is 0.886. The highest BCUT2D eigenvalue weighted by atomic mass is 35.5. The predicted molar refractivity (Wildman–Crippen MR) is 94.9 cm³/mol. The van der Waals surface area contributed by atoms with E-state index in [1.807, 2.05) is 19.1 Å². The number of amides is 1. The molecule has 6 heteroatoms. The second-order valence-corrected chi connectivity index (χ2v) is 5.76. The number of carbonyl (C=O) groups is 3. The minimum absolute atomic E-state index is 0.292. The van der Waals surface area contributed by atoms with Gasteiger partial charge < -0.3 is 10.1 Å². The van der Waals surface area contributed by atoms with Gasteiger partial charge in [-0.2, -0.15) is 0 Å². The quantitative estimate of drug-likeness (QED) is 0.609. The number of carbonyl (C=O) groups excluding carboxylic acids is 3. The van der Waals surface area contributed by atoms with Crippen molar-refractivity contribution in [3.63, 3.8) is 0 Å². The van der Waals surface area contributed by atoms with Crippen LogP contribution in [-0.2, 0) is 16.0 Å². The van der Waals surface area contributed by atoms with Crippen molar-refractivity contribution >= 4 is 29.3 Å². The lowest BCUT2D eigenvalue weighted by Gasteiger charge is -2.07. The van der Waals surface area contributed by atoms with Crippen LogP contribution in [0.2, 0.25) is 5.02 Å². The zero-order valence-electron chi connectivity index (χ0n) is 13.8. The maximum atomic E-state index is 12.0. The number of aryl methyl sites for hydroxylation is 1. The van der Waals surface area contributed by atoms with E-state index in [2.05, 4.69) is 5.32 Å². The van der Waals surface area contributed by atoms with Crippen molar-refractivity contribution in [3.8, 4) is 0 Å². The van der Waals surface area contributed by atoms with Gasteiger partial charge in [0, 0.05) is 16.1 Å². The van der Waals surface area contributed by atoms with Crippen LogP contribution in [0, 0.1) is 0 Å². The number of halogens is 1. The van der Waals surface area contributed by atoms with Crippen LogP contribution in [0.25, 0.3) is 0 Å². The first kappa shape index (κ1) is 18.7. The second kappa shape index (κ2) is 8.99. The number of ether oxygens (including phenoxy) is 1. The van der Waals surface area contributed by atoms with Crippen molar-refractivity contribution in [1.82, 2.24) is 5.32 Å². The summed E-state index contributed by atoms with van der Waals surface area (Å²) in [6, 6.07) is 13.4. The summed E-state index contributed by atoms with van der Waals surface area (Å²) in [5.41, 5.74) is 1.98. The largest absolute Gasteiger partial charge is 0.456 e. The fourth-order valence-electron chi connectivity index (χ4n) is 2.06. The smallest absolute Gasteiger partial charge is 0.325 e. The summed E-state index contributed by atoms with van der Waals surface area (Å²) >= 11 is 5.74. The standard InChI is InChI=1S/C19H18ClNO4/c1-2-13-3-5-14(6-4-13)17(22)12-25-18(23)11-21-19(24)15-7-9-16(20)10-8-15/h3-10H,2,11-12H2,1H3,(H,21,24). The molecule has 0 aliphatic carbocycles. The first-order valence-corrected chi connectivity index (χ1v) is 8.19. The van der Waals surface area contributed by atoms with Gasteiger partial charge >= 0.3 is 5.97 Å². The van der Waals surface area contributed by atoms with Crippen molar-refractivity contribution in [3.05, 3.63) is 70.2 Å². The van der Waals surface area contributed by atoms with Gasteiger partial charge in [-0.3, -0.25) is 14.4 Å². The van der Waals surface area contributed by atoms with Crippen molar-refractivity contribution in [2.75, 3.05) is 13.2 Å². The Morgan fingerprint density at radius 1 is 0.960 bits per heavy atom. The zero-order valence-corrected chi connectivity index (χ0v) is 14.5. The van der Waals surface area contributed by atoms with Gasteiger partial charge in [0.2, 0.25) is 0 Å². The molecule has 2 rings (SSSR count). The van der Waals surface area contributed by atoms with Crippen molar-refractivity contribution in [2.24, 2.45) is 0 Å². The number of rotatable bonds is 7. The Morgan fingerprint density at radius 2 is 1.56 bits per heavy atom. The number of nitrogens with one attached hydrogen (secondary N) is 1. The molecule has 0 atom stereocenters. The molecule has 25 heavy (non-hydrogen) atoms. The highest BCUT2D eigenvalue weighted by molar-refractivity contribution is 6.30. The molecule has 0 aromatic heterocycles. The third-order valence-corrected chi connectivity index (χ3v) is 3.80. The molecular weight excluding hydrogens is 342 g/mol. The van der Waals surface area contributed by atoms with Gasteiger partial charge in [-0.15, -0.1) is 0 Å². The Morgan fingerprint density at radius 3 is 2.16 bits per heavy atom. The summed E-state index contributed by atoms with van der Waals surface area (Å²) in [6.45, 7) is 1.35. The average molecular weight is 360 g/mol. The van der Waals surface area contributed by atoms with Crippen LogP contribution in [0.1, 0.15) is 33.2 Å². The maximum absolute atomic E-state index is 12.0. The van der Waals surface area contributed by atoms with E-state index in [1.165, 1.54) is 0 Å². The molecule has 0 aliphatic rings. The molecule has 1 amide bonds. The molecule has 0 unspecified atom stereocenters. The molecule has 0 saturated heterocycles. The molecule has 130 valence electrons. The monoisotopic (exact) mass is 359 g/mol. The van der Waals surface area contributed by atoms with Crippen LogP contribution < -0.4 is 5.32 Å². The molecule has 0 saturated carbocycles. The van der Waals surface area contributed by atoms with E-state index in [0.29, 0.717) is 16.1 Å². The Kier molecular flexibility index (Phi) is 6.71. The Balaban J connectivity index is 1.77. The van der Waals surface area contributed by atoms with E-state index in [1.54, 1.807) is 36.4 Å². The predicted octanol–water partition coefficient (Wildman–Crippen LogP) is 3.06. The van der Waals surface area contributed by atoms with E-state index in [-0.39, 0.29) is 18.9 Å². The minimum atomic E-state index is -0.680. The topological polar surface area (TPSA) is 72.5 Å². The normalized spacial score (nSPS) is 10.2. The van der Waals surface area contributed by atoms with Crippen molar-refractivity contribution in [1.29, 1.82) is 0 Å². The van der Waals surface area contributed by atoms with E-state index in [9.17, 15) is 14.4 Å². The summed E-state index contributed by atoms with van der Waals surface area (Å²) in [5, 5.41) is 2.94. The number of Topliss-reactive ketones (excluding diaryl/α,β-unsaturated/α-hetero) is 1. The van der Waals surface area contributed by atoms with Gasteiger partial charge in [0.05, 0.1) is 0 Å². The van der Waals surface area contributed by atoms with Crippen LogP contribution in [0.5, 0.6) is 0 Å². The molecule has 0 fully saturated rings. The van der Waals surface area contributed by atoms with Gasteiger partial charge in [-0.05, 0) is 36.2 Å². The lowest BCUT2D eigenvalue weighted by molar-refractivity contribution is -0.141. The number of esters is 1. The number of hydrogen-bond donors (Lipinski definition) is 1. The Bertz CT molecular complexity index is 754. The molecule has 5 nitrogen and oxygen atoms in total. The van der Waals surface area contributed by atoms with E-state index < -0.39 is 11.9 Å². The first-order chi connectivity index (χ1) is 12.0. The first-order valence-electron chi connectivity index (χ1n) is 7.81. The SMILES string of the molecule is CCc1ccc(C(=O)COC(=O)CNC(=O)c2ccc(Cl)cc2)cc1. The number of benzene rings is 2. The second-order valence-electron chi connectivity index (χ2n) is 5.32. The molecule has 0 spiro atoms. The summed E-state index contributed by atoms with van der Waals surface area (Å²) in [7, 11) is 0. The fraction of sp³-hybridized carbons (Fsp3) is 0.211. The van der Waals surface area contributed by atoms with Gasteiger partial charge in [-0.1, -0.05) is 42.8 Å². The van der Waals surface area contributed by atoms with Crippen LogP contribution >= 0.6 is 11.6 Å². The summed E-state index contributed by atoms with van der Waals surface area (Å²) in [5.74, 6) is -1.39. The van der Waals surface area contributed by atoms with Crippen LogP contribution in [0.15, 0.2) is 48.5 Å². The molecule has 0 heterocycles. The molecule has 0 bridgehead atoms. The third kappa shape index (κ3) is 5.72. The van der Waals surface area contributed by atoms with Crippen molar-refractivity contribution < 1.29 is 19.1 Å². The molecule has 2 aromatic rings. The van der Waals surface area contributed by atoms with Crippen LogP contribution in [0.4, 0.5) is 0 Å².